The molecule has 0 spiro atoms. The van der Waals surface area contributed by atoms with Crippen LogP contribution in [0.1, 0.15) is 6.92 Å². The fourth-order valence-corrected chi connectivity index (χ4v) is 1.64. The summed E-state index contributed by atoms with van der Waals surface area (Å²) in [5.74, 6) is -0.713. The maximum Gasteiger partial charge on any atom is 0.405 e. The molecule has 0 saturated carbocycles. The first-order chi connectivity index (χ1) is 7.79. The third-order valence-electron chi connectivity index (χ3n) is 1.70. The lowest BCUT2D eigenvalue weighted by atomic mass is 10.4. The number of carbonyl (C=O) groups excluding carboxylic acids is 1. The molecule has 96 valence electrons. The lowest BCUT2D eigenvalue weighted by Gasteiger charge is -2.12. The molecular weight excluding hydrogens is 259 g/mol. The molecule has 1 amide bonds. The molecule has 0 radical (unpaired) electrons. The standard InChI is InChI=1S/C7H10F3N5OS/c1-4(5(16)11-3-7(8,9)10)17-6-12-13-14-15(6)2/h4H,3H2,1-2H3,(H,11,16)/t4-/m1/s1. The van der Waals surface area contributed by atoms with Gasteiger partial charge in [0.2, 0.25) is 11.1 Å². The van der Waals surface area contributed by atoms with Gasteiger partial charge in [0, 0.05) is 7.05 Å². The Morgan fingerprint density at radius 1 is 1.59 bits per heavy atom. The van der Waals surface area contributed by atoms with Gasteiger partial charge in [-0.2, -0.15) is 13.2 Å². The molecule has 0 unspecified atom stereocenters. The van der Waals surface area contributed by atoms with Gasteiger partial charge in [-0.1, -0.05) is 11.8 Å². The first-order valence-electron chi connectivity index (χ1n) is 4.53. The minimum absolute atomic E-state index is 0.361. The Bertz CT molecular complexity index is 393. The summed E-state index contributed by atoms with van der Waals surface area (Å²) in [6, 6.07) is 0. The van der Waals surface area contributed by atoms with E-state index in [2.05, 4.69) is 15.5 Å². The van der Waals surface area contributed by atoms with Gasteiger partial charge < -0.3 is 5.32 Å². The second kappa shape index (κ2) is 5.34. The van der Waals surface area contributed by atoms with Crippen molar-refractivity contribution in [2.45, 2.75) is 23.5 Å². The topological polar surface area (TPSA) is 72.7 Å². The number of amides is 1. The van der Waals surface area contributed by atoms with Crippen LogP contribution in [-0.4, -0.2) is 44.1 Å². The molecular formula is C7H10F3N5OS. The lowest BCUT2D eigenvalue weighted by molar-refractivity contribution is -0.137. The Morgan fingerprint density at radius 2 is 2.24 bits per heavy atom. The average molecular weight is 269 g/mol. The molecule has 1 N–H and O–H groups in total. The molecule has 0 saturated heterocycles. The van der Waals surface area contributed by atoms with Crippen molar-refractivity contribution in [1.82, 2.24) is 25.5 Å². The predicted molar refractivity (Wildman–Crippen MR) is 53.2 cm³/mol. The highest BCUT2D eigenvalue weighted by molar-refractivity contribution is 8.00. The van der Waals surface area contributed by atoms with Gasteiger partial charge in [-0.25, -0.2) is 4.68 Å². The smallest absolute Gasteiger partial charge is 0.346 e. The minimum Gasteiger partial charge on any atom is -0.346 e. The van der Waals surface area contributed by atoms with Gasteiger partial charge in [0.15, 0.2) is 0 Å². The molecule has 0 bridgehead atoms. The van der Waals surface area contributed by atoms with Gasteiger partial charge in [0.05, 0.1) is 5.25 Å². The van der Waals surface area contributed by atoms with Crippen molar-refractivity contribution in [1.29, 1.82) is 0 Å². The number of hydrogen-bond acceptors (Lipinski definition) is 5. The molecule has 1 atom stereocenters. The van der Waals surface area contributed by atoms with Gasteiger partial charge in [-0.15, -0.1) is 5.10 Å². The summed E-state index contributed by atoms with van der Waals surface area (Å²) in [6.07, 6.45) is -4.41. The van der Waals surface area contributed by atoms with Crippen LogP contribution in [0.2, 0.25) is 0 Å². The fraction of sp³-hybridized carbons (Fsp3) is 0.714. The van der Waals surface area contributed by atoms with Crippen molar-refractivity contribution in [3.63, 3.8) is 0 Å². The van der Waals surface area contributed by atoms with Gasteiger partial charge in [0.1, 0.15) is 6.54 Å². The maximum absolute atomic E-state index is 11.9. The van der Waals surface area contributed by atoms with Crippen molar-refractivity contribution in [2.75, 3.05) is 6.54 Å². The van der Waals surface area contributed by atoms with Crippen LogP contribution in [0.4, 0.5) is 13.2 Å². The number of rotatable bonds is 4. The van der Waals surface area contributed by atoms with E-state index in [1.54, 1.807) is 12.4 Å². The van der Waals surface area contributed by atoms with Gasteiger partial charge in [-0.05, 0) is 17.4 Å². The number of nitrogens with zero attached hydrogens (tertiary/aromatic N) is 4. The quantitative estimate of drug-likeness (QED) is 0.799. The molecule has 1 aromatic rings. The summed E-state index contributed by atoms with van der Waals surface area (Å²) in [5.41, 5.74) is 0. The van der Waals surface area contributed by atoms with Crippen LogP contribution >= 0.6 is 11.8 Å². The zero-order valence-corrected chi connectivity index (χ0v) is 9.84. The summed E-state index contributed by atoms with van der Waals surface area (Å²) in [5, 5.41) is 11.9. The maximum atomic E-state index is 11.9. The average Bonchev–Trinajstić information content (AvgIpc) is 2.59. The molecule has 1 heterocycles. The minimum atomic E-state index is -4.41. The number of alkyl halides is 3. The van der Waals surface area contributed by atoms with Crippen molar-refractivity contribution < 1.29 is 18.0 Å². The molecule has 0 aliphatic heterocycles. The van der Waals surface area contributed by atoms with E-state index < -0.39 is 23.9 Å². The van der Waals surface area contributed by atoms with Crippen LogP contribution in [0.25, 0.3) is 0 Å². The van der Waals surface area contributed by atoms with Gasteiger partial charge in [-0.3, -0.25) is 4.79 Å². The van der Waals surface area contributed by atoms with Crippen molar-refractivity contribution >= 4 is 17.7 Å². The Hall–Kier alpha value is -1.32. The van der Waals surface area contributed by atoms with E-state index >= 15 is 0 Å². The third kappa shape index (κ3) is 4.59. The molecule has 0 aliphatic rings. The zero-order chi connectivity index (χ0) is 13.1. The van der Waals surface area contributed by atoms with E-state index in [1.807, 2.05) is 0 Å². The van der Waals surface area contributed by atoms with E-state index in [0.717, 1.165) is 11.8 Å². The van der Waals surface area contributed by atoms with E-state index in [9.17, 15) is 18.0 Å². The second-order valence-electron chi connectivity index (χ2n) is 3.18. The summed E-state index contributed by atoms with van der Waals surface area (Å²) in [4.78, 5) is 11.3. The molecule has 0 aliphatic carbocycles. The van der Waals surface area contributed by atoms with Crippen molar-refractivity contribution in [3.05, 3.63) is 0 Å². The van der Waals surface area contributed by atoms with E-state index in [4.69, 9.17) is 0 Å². The molecule has 0 aromatic carbocycles. The first-order valence-corrected chi connectivity index (χ1v) is 5.41. The van der Waals surface area contributed by atoms with Crippen LogP contribution in [0.5, 0.6) is 0 Å². The monoisotopic (exact) mass is 269 g/mol. The predicted octanol–water partition coefficient (Wildman–Crippen LogP) is 0.369. The Morgan fingerprint density at radius 3 is 2.71 bits per heavy atom. The highest BCUT2D eigenvalue weighted by atomic mass is 32.2. The number of aromatic nitrogens is 4. The van der Waals surface area contributed by atoms with Crippen LogP contribution in [0.15, 0.2) is 5.16 Å². The molecule has 0 fully saturated rings. The van der Waals surface area contributed by atoms with E-state index in [1.165, 1.54) is 11.6 Å². The van der Waals surface area contributed by atoms with E-state index in [-0.39, 0.29) is 0 Å². The molecule has 17 heavy (non-hydrogen) atoms. The molecule has 10 heteroatoms. The number of halogens is 3. The third-order valence-corrected chi connectivity index (χ3v) is 2.82. The van der Waals surface area contributed by atoms with E-state index in [0.29, 0.717) is 5.16 Å². The number of carbonyl (C=O) groups is 1. The normalized spacial score (nSPS) is 13.5. The largest absolute Gasteiger partial charge is 0.405 e. The van der Waals surface area contributed by atoms with Gasteiger partial charge in [0.25, 0.3) is 0 Å². The summed E-state index contributed by atoms with van der Waals surface area (Å²) >= 11 is 0.983. The lowest BCUT2D eigenvalue weighted by Crippen LogP contribution is -2.38. The molecule has 1 aromatic heterocycles. The van der Waals surface area contributed by atoms with Crippen molar-refractivity contribution in [2.24, 2.45) is 7.05 Å². The molecule has 6 nitrogen and oxygen atoms in total. The molecule has 1 rings (SSSR count). The zero-order valence-electron chi connectivity index (χ0n) is 9.02. The van der Waals surface area contributed by atoms with Gasteiger partial charge >= 0.3 is 6.18 Å². The number of nitrogens with one attached hydrogen (secondary N) is 1. The highest BCUT2D eigenvalue weighted by Gasteiger charge is 2.29. The number of thioether (sulfide) groups is 1. The number of aryl methyl sites for hydroxylation is 1. The van der Waals surface area contributed by atoms with Crippen LogP contribution in [0, 0.1) is 0 Å². The fourth-order valence-electron chi connectivity index (χ4n) is 0.864. The summed E-state index contributed by atoms with van der Waals surface area (Å²) < 4.78 is 36.9. The number of tetrazole rings is 1. The highest BCUT2D eigenvalue weighted by Crippen LogP contribution is 2.19. The van der Waals surface area contributed by atoms with Crippen LogP contribution in [-0.2, 0) is 11.8 Å². The first kappa shape index (κ1) is 13.7. The number of hydrogen-bond donors (Lipinski definition) is 1. The Labute approximate surface area is 98.9 Å². The van der Waals surface area contributed by atoms with Crippen LogP contribution < -0.4 is 5.32 Å². The van der Waals surface area contributed by atoms with Crippen LogP contribution in [0.3, 0.4) is 0 Å². The Kier molecular flexibility index (Phi) is 4.32. The summed E-state index contributed by atoms with van der Waals surface area (Å²) in [6.45, 7) is 0.138. The summed E-state index contributed by atoms with van der Waals surface area (Å²) in [7, 11) is 1.57. The van der Waals surface area contributed by atoms with Crippen molar-refractivity contribution in [3.8, 4) is 0 Å². The second-order valence-corrected chi connectivity index (χ2v) is 4.49. The Balaban J connectivity index is 2.45. The SMILES string of the molecule is C[C@@H](Sc1nnnn1C)C(=O)NCC(F)(F)F.